The highest BCUT2D eigenvalue weighted by Crippen LogP contribution is 2.25. The Morgan fingerprint density at radius 2 is 1.88 bits per heavy atom. The number of ketones is 1. The molecule has 202 valence electrons. The summed E-state index contributed by atoms with van der Waals surface area (Å²) < 4.78 is 12.5. The molecule has 2 aromatic carbocycles. The first-order valence-corrected chi connectivity index (χ1v) is 12.4. The summed E-state index contributed by atoms with van der Waals surface area (Å²) in [5.74, 6) is 1.44. The second-order valence-electron chi connectivity index (χ2n) is 8.85. The fraction of sp³-hybridized carbons (Fsp3) is 0.138. The molecule has 3 heterocycles. The SMILES string of the molecule is COc1ccc(-c2ccc(C(=O)Nc3cccc(C(=O)c4nccn4-c4ccnc(NC[C@H](C)O)n4)c3)o2)cc1. The van der Waals surface area contributed by atoms with Gasteiger partial charge in [0.1, 0.15) is 17.3 Å². The number of imidazole rings is 1. The minimum atomic E-state index is -0.575. The van der Waals surface area contributed by atoms with Gasteiger partial charge in [-0.3, -0.25) is 14.2 Å². The number of benzene rings is 2. The van der Waals surface area contributed by atoms with Crippen molar-refractivity contribution in [2.45, 2.75) is 13.0 Å². The zero-order chi connectivity index (χ0) is 28.1. The van der Waals surface area contributed by atoms with Gasteiger partial charge >= 0.3 is 0 Å². The molecule has 0 radical (unpaired) electrons. The van der Waals surface area contributed by atoms with Crippen molar-refractivity contribution in [3.8, 4) is 22.9 Å². The molecule has 1 atom stereocenters. The molecular weight excluding hydrogens is 512 g/mol. The number of rotatable bonds is 10. The van der Waals surface area contributed by atoms with Crippen LogP contribution in [-0.4, -0.2) is 56.1 Å². The topological polar surface area (TPSA) is 144 Å². The molecule has 0 bridgehead atoms. The molecule has 5 rings (SSSR count). The number of nitrogens with zero attached hydrogens (tertiary/aromatic N) is 4. The molecule has 5 aromatic rings. The molecule has 3 N–H and O–H groups in total. The Bertz CT molecular complexity index is 1640. The van der Waals surface area contributed by atoms with Gasteiger partial charge in [0.05, 0.1) is 13.2 Å². The van der Waals surface area contributed by atoms with Crippen molar-refractivity contribution < 1.29 is 23.8 Å². The number of hydrogen-bond acceptors (Lipinski definition) is 9. The van der Waals surface area contributed by atoms with Crippen molar-refractivity contribution in [3.05, 3.63) is 102 Å². The molecule has 0 aliphatic carbocycles. The molecule has 0 saturated heterocycles. The van der Waals surface area contributed by atoms with Crippen LogP contribution in [0.1, 0.15) is 33.7 Å². The highest BCUT2D eigenvalue weighted by molar-refractivity contribution is 6.08. The monoisotopic (exact) mass is 538 g/mol. The Morgan fingerprint density at radius 3 is 2.65 bits per heavy atom. The molecule has 40 heavy (non-hydrogen) atoms. The minimum Gasteiger partial charge on any atom is -0.497 e. The van der Waals surface area contributed by atoms with Crippen molar-refractivity contribution in [3.63, 3.8) is 0 Å². The number of carbonyl (C=O) groups is 2. The van der Waals surface area contributed by atoms with Gasteiger partial charge in [-0.2, -0.15) is 4.98 Å². The number of carbonyl (C=O) groups excluding carboxylic acids is 2. The maximum atomic E-state index is 13.4. The zero-order valence-electron chi connectivity index (χ0n) is 21.7. The van der Waals surface area contributed by atoms with Crippen LogP contribution in [0.4, 0.5) is 11.6 Å². The Morgan fingerprint density at radius 1 is 1.05 bits per heavy atom. The molecule has 0 aliphatic heterocycles. The van der Waals surface area contributed by atoms with E-state index in [2.05, 4.69) is 25.6 Å². The number of aliphatic hydroxyl groups excluding tert-OH is 1. The third-order valence-corrected chi connectivity index (χ3v) is 5.87. The zero-order valence-corrected chi connectivity index (χ0v) is 21.7. The molecule has 0 unspecified atom stereocenters. The summed E-state index contributed by atoms with van der Waals surface area (Å²) in [7, 11) is 1.59. The molecule has 11 nitrogen and oxygen atoms in total. The number of methoxy groups -OCH3 is 1. The molecule has 0 saturated carbocycles. The predicted octanol–water partition coefficient (Wildman–Crippen LogP) is 4.21. The van der Waals surface area contributed by atoms with Crippen LogP contribution < -0.4 is 15.4 Å². The first-order chi connectivity index (χ1) is 19.4. The van der Waals surface area contributed by atoms with Gasteiger partial charge in [-0.25, -0.2) is 9.97 Å². The van der Waals surface area contributed by atoms with Gasteiger partial charge in [-0.05, 0) is 61.5 Å². The molecule has 0 fully saturated rings. The quantitative estimate of drug-likeness (QED) is 0.223. The van der Waals surface area contributed by atoms with E-state index in [-0.39, 0.29) is 23.9 Å². The van der Waals surface area contributed by atoms with Gasteiger partial charge < -0.3 is 24.9 Å². The lowest BCUT2D eigenvalue weighted by Gasteiger charge is -2.10. The number of ether oxygens (including phenoxy) is 1. The molecule has 11 heteroatoms. The third kappa shape index (κ3) is 5.89. The van der Waals surface area contributed by atoms with Gasteiger partial charge in [0.25, 0.3) is 5.91 Å². The largest absolute Gasteiger partial charge is 0.497 e. The van der Waals surface area contributed by atoms with E-state index in [1.807, 2.05) is 24.3 Å². The smallest absolute Gasteiger partial charge is 0.291 e. The fourth-order valence-electron chi connectivity index (χ4n) is 3.89. The third-order valence-electron chi connectivity index (χ3n) is 5.87. The van der Waals surface area contributed by atoms with E-state index >= 15 is 0 Å². The number of amides is 1. The van der Waals surface area contributed by atoms with E-state index in [1.54, 1.807) is 73.5 Å². The van der Waals surface area contributed by atoms with Gasteiger partial charge in [-0.1, -0.05) is 12.1 Å². The number of anilines is 2. The van der Waals surface area contributed by atoms with Crippen molar-refractivity contribution in [2.75, 3.05) is 24.3 Å². The lowest BCUT2D eigenvalue weighted by molar-refractivity contribution is 0.0994. The van der Waals surface area contributed by atoms with Crippen LogP contribution in [-0.2, 0) is 0 Å². The summed E-state index contributed by atoms with van der Waals surface area (Å²) in [6.07, 6.45) is 4.10. The Kier molecular flexibility index (Phi) is 7.65. The molecular formula is C29H26N6O5. The van der Waals surface area contributed by atoms with Gasteiger partial charge in [0.2, 0.25) is 11.7 Å². The second-order valence-corrected chi connectivity index (χ2v) is 8.85. The van der Waals surface area contributed by atoms with E-state index in [0.29, 0.717) is 28.8 Å². The van der Waals surface area contributed by atoms with E-state index in [1.165, 1.54) is 6.20 Å². The number of nitrogens with one attached hydrogen (secondary N) is 2. The fourth-order valence-corrected chi connectivity index (χ4v) is 3.89. The van der Waals surface area contributed by atoms with Crippen molar-refractivity contribution >= 4 is 23.3 Å². The lowest BCUT2D eigenvalue weighted by atomic mass is 10.1. The number of aromatic nitrogens is 4. The van der Waals surface area contributed by atoms with Crippen molar-refractivity contribution in [2.24, 2.45) is 0 Å². The Hall–Kier alpha value is -5.29. The highest BCUT2D eigenvalue weighted by Gasteiger charge is 2.19. The maximum Gasteiger partial charge on any atom is 0.291 e. The number of furan rings is 1. The van der Waals surface area contributed by atoms with E-state index in [0.717, 1.165) is 11.3 Å². The van der Waals surface area contributed by atoms with Gasteiger partial charge in [0.15, 0.2) is 11.6 Å². The number of aliphatic hydroxyl groups is 1. The van der Waals surface area contributed by atoms with Gasteiger partial charge in [0, 0.05) is 41.9 Å². The first kappa shape index (κ1) is 26.3. The Labute approximate surface area is 229 Å². The van der Waals surface area contributed by atoms with E-state index < -0.39 is 12.0 Å². The average molecular weight is 539 g/mol. The van der Waals surface area contributed by atoms with Crippen molar-refractivity contribution in [1.82, 2.24) is 19.5 Å². The summed E-state index contributed by atoms with van der Waals surface area (Å²) in [4.78, 5) is 39.1. The van der Waals surface area contributed by atoms with Gasteiger partial charge in [-0.15, -0.1) is 0 Å². The van der Waals surface area contributed by atoms with Crippen LogP contribution in [0.15, 0.2) is 89.7 Å². The van der Waals surface area contributed by atoms with Crippen LogP contribution >= 0.6 is 0 Å². The molecule has 0 spiro atoms. The van der Waals surface area contributed by atoms with Crippen LogP contribution in [0.3, 0.4) is 0 Å². The average Bonchev–Trinajstić information content (AvgIpc) is 3.67. The van der Waals surface area contributed by atoms with Crippen molar-refractivity contribution in [1.29, 1.82) is 0 Å². The van der Waals surface area contributed by atoms with Crippen LogP contribution in [0, 0.1) is 0 Å². The lowest BCUT2D eigenvalue weighted by Crippen LogP contribution is -2.18. The van der Waals surface area contributed by atoms with E-state index in [4.69, 9.17) is 9.15 Å². The van der Waals surface area contributed by atoms with Crippen LogP contribution in [0.25, 0.3) is 17.1 Å². The summed E-state index contributed by atoms with van der Waals surface area (Å²) in [5, 5.41) is 15.2. The van der Waals surface area contributed by atoms with Crippen LogP contribution in [0.5, 0.6) is 5.75 Å². The standard InChI is InChI=1S/C29H26N6O5/c1-18(36)17-32-29-31-13-12-25(34-29)35-15-14-30-27(35)26(37)20-4-3-5-21(16-20)33-28(38)24-11-10-23(40-24)19-6-8-22(39-2)9-7-19/h3-16,18,36H,17H2,1-2H3,(H,33,38)(H,31,32,34)/t18-/m0/s1. The van der Waals surface area contributed by atoms with E-state index in [9.17, 15) is 14.7 Å². The van der Waals surface area contributed by atoms with Crippen LogP contribution in [0.2, 0.25) is 0 Å². The first-order valence-electron chi connectivity index (χ1n) is 12.4. The second kappa shape index (κ2) is 11.6. The summed E-state index contributed by atoms with van der Waals surface area (Å²) in [6.45, 7) is 1.92. The molecule has 1 amide bonds. The number of hydrogen-bond donors (Lipinski definition) is 3. The maximum absolute atomic E-state index is 13.4. The summed E-state index contributed by atoms with van der Waals surface area (Å²) in [5.41, 5.74) is 1.55. The minimum absolute atomic E-state index is 0.127. The highest BCUT2D eigenvalue weighted by atomic mass is 16.5. The Balaban J connectivity index is 1.31. The summed E-state index contributed by atoms with van der Waals surface area (Å²) in [6, 6.07) is 18.8. The summed E-state index contributed by atoms with van der Waals surface area (Å²) >= 11 is 0. The molecule has 3 aromatic heterocycles. The molecule has 0 aliphatic rings. The predicted molar refractivity (Wildman–Crippen MR) is 148 cm³/mol. The normalized spacial score (nSPS) is 11.6.